The lowest BCUT2D eigenvalue weighted by Gasteiger charge is -2.14. The first-order valence-corrected chi connectivity index (χ1v) is 11.1. The van der Waals surface area contributed by atoms with E-state index in [0.29, 0.717) is 19.2 Å². The molecule has 1 unspecified atom stereocenters. The third-order valence-corrected chi connectivity index (χ3v) is 6.06. The molecule has 0 saturated carbocycles. The first kappa shape index (κ1) is 24.6. The number of carbonyl (C=O) groups excluding carboxylic acids is 1. The van der Waals surface area contributed by atoms with Crippen molar-refractivity contribution in [1.29, 1.82) is 0 Å². The molecule has 0 aromatic heterocycles. The Morgan fingerprint density at radius 1 is 1.30 bits per heavy atom. The monoisotopic (exact) mass is 488 g/mol. The summed E-state index contributed by atoms with van der Waals surface area (Å²) >= 11 is 10.5. The number of carbonyl (C=O) groups is 1. The molecule has 1 heterocycles. The highest BCUT2D eigenvalue weighted by molar-refractivity contribution is 7.89. The number of ether oxygens (including phenoxy) is 1. The summed E-state index contributed by atoms with van der Waals surface area (Å²) in [7, 11) is -4.27. The number of rotatable bonds is 7. The van der Waals surface area contributed by atoms with E-state index in [-0.39, 0.29) is 24.2 Å². The van der Waals surface area contributed by atoms with Gasteiger partial charge in [0.2, 0.25) is 15.9 Å². The molecular formula is C16H20ClF3N4O4S2. The van der Waals surface area contributed by atoms with E-state index < -0.39 is 37.6 Å². The Balaban J connectivity index is 1.77. The minimum Gasteiger partial charge on any atom is -0.376 e. The van der Waals surface area contributed by atoms with Crippen molar-refractivity contribution in [2.75, 3.05) is 19.7 Å². The van der Waals surface area contributed by atoms with Gasteiger partial charge in [-0.3, -0.25) is 15.6 Å². The maximum Gasteiger partial charge on any atom is 0.417 e. The average molecular weight is 489 g/mol. The number of thiocarbonyl (C=S) groups is 1. The molecule has 2 rings (SSSR count). The lowest BCUT2D eigenvalue weighted by atomic mass is 10.2. The SMILES string of the molecule is O=C(CCNS(=O)(=O)c1ccc(Cl)c(C(F)(F)F)c1)NNC(=S)NCC1CCCO1. The molecule has 14 heteroatoms. The molecule has 0 aliphatic carbocycles. The van der Waals surface area contributed by atoms with Crippen LogP contribution in [0.1, 0.15) is 24.8 Å². The maximum absolute atomic E-state index is 12.9. The second kappa shape index (κ2) is 10.6. The molecule has 1 fully saturated rings. The number of hydrogen-bond acceptors (Lipinski definition) is 5. The van der Waals surface area contributed by atoms with Crippen LogP contribution in [0.2, 0.25) is 5.02 Å². The molecule has 8 nitrogen and oxygen atoms in total. The van der Waals surface area contributed by atoms with Crippen LogP contribution in [0, 0.1) is 0 Å². The summed E-state index contributed by atoms with van der Waals surface area (Å²) in [5.74, 6) is -0.578. The summed E-state index contributed by atoms with van der Waals surface area (Å²) in [5, 5.41) is 2.42. The summed E-state index contributed by atoms with van der Waals surface area (Å²) in [6.45, 7) is 0.852. The van der Waals surface area contributed by atoms with Crippen LogP contribution < -0.4 is 20.9 Å². The Morgan fingerprint density at radius 2 is 2.03 bits per heavy atom. The van der Waals surface area contributed by atoms with Crippen molar-refractivity contribution in [2.45, 2.75) is 36.4 Å². The van der Waals surface area contributed by atoms with E-state index in [1.807, 2.05) is 0 Å². The van der Waals surface area contributed by atoms with Crippen LogP contribution in [-0.2, 0) is 25.7 Å². The van der Waals surface area contributed by atoms with Gasteiger partial charge in [0.05, 0.1) is 21.6 Å². The third kappa shape index (κ3) is 7.54. The molecule has 1 aliphatic heterocycles. The van der Waals surface area contributed by atoms with E-state index in [1.165, 1.54) is 0 Å². The van der Waals surface area contributed by atoms with E-state index in [0.717, 1.165) is 25.0 Å². The van der Waals surface area contributed by atoms with Gasteiger partial charge in [0.1, 0.15) is 0 Å². The highest BCUT2D eigenvalue weighted by atomic mass is 35.5. The number of halogens is 4. The predicted octanol–water partition coefficient (Wildman–Crippen LogP) is 1.70. The molecule has 30 heavy (non-hydrogen) atoms. The predicted molar refractivity (Wildman–Crippen MR) is 107 cm³/mol. The maximum atomic E-state index is 12.9. The van der Waals surface area contributed by atoms with Crippen LogP contribution in [0.3, 0.4) is 0 Å². The molecule has 1 aliphatic rings. The van der Waals surface area contributed by atoms with Gasteiger partial charge in [-0.05, 0) is 43.3 Å². The first-order chi connectivity index (χ1) is 14.0. The van der Waals surface area contributed by atoms with E-state index in [2.05, 4.69) is 20.9 Å². The summed E-state index contributed by atoms with van der Waals surface area (Å²) in [6.07, 6.45) is -3.13. The topological polar surface area (TPSA) is 109 Å². The Hall–Kier alpha value is -1.67. The van der Waals surface area contributed by atoms with Crippen molar-refractivity contribution in [1.82, 2.24) is 20.9 Å². The van der Waals surface area contributed by atoms with E-state index >= 15 is 0 Å². The van der Waals surface area contributed by atoms with Gasteiger partial charge in [-0.2, -0.15) is 13.2 Å². The Bertz CT molecular complexity index is 878. The van der Waals surface area contributed by atoms with Gasteiger partial charge in [-0.1, -0.05) is 11.6 Å². The quantitative estimate of drug-likeness (QED) is 0.342. The highest BCUT2D eigenvalue weighted by Gasteiger charge is 2.34. The van der Waals surface area contributed by atoms with Gasteiger partial charge in [0.25, 0.3) is 0 Å². The lowest BCUT2D eigenvalue weighted by molar-refractivity contribution is -0.137. The van der Waals surface area contributed by atoms with E-state index in [1.54, 1.807) is 0 Å². The first-order valence-electron chi connectivity index (χ1n) is 8.80. The second-order valence-corrected chi connectivity index (χ2v) is 8.89. The molecule has 4 N–H and O–H groups in total. The normalized spacial score (nSPS) is 16.9. The minimum atomic E-state index is -4.80. The molecule has 168 valence electrons. The van der Waals surface area contributed by atoms with Crippen molar-refractivity contribution in [3.63, 3.8) is 0 Å². The smallest absolute Gasteiger partial charge is 0.376 e. The summed E-state index contributed by atoms with van der Waals surface area (Å²) < 4.78 is 70.5. The lowest BCUT2D eigenvalue weighted by Crippen LogP contribution is -2.48. The van der Waals surface area contributed by atoms with Crippen LogP contribution in [0.25, 0.3) is 0 Å². The fourth-order valence-corrected chi connectivity index (χ4v) is 3.93. The largest absolute Gasteiger partial charge is 0.417 e. The molecule has 0 bridgehead atoms. The van der Waals surface area contributed by atoms with E-state index in [9.17, 15) is 26.4 Å². The number of hydrogen-bond donors (Lipinski definition) is 4. The summed E-state index contributed by atoms with van der Waals surface area (Å²) in [6, 6.07) is 2.23. The Morgan fingerprint density at radius 3 is 2.67 bits per heavy atom. The van der Waals surface area contributed by atoms with Gasteiger partial charge < -0.3 is 10.1 Å². The van der Waals surface area contributed by atoms with Crippen molar-refractivity contribution < 1.29 is 31.1 Å². The third-order valence-electron chi connectivity index (χ3n) is 4.03. The van der Waals surface area contributed by atoms with Gasteiger partial charge in [0, 0.05) is 26.1 Å². The van der Waals surface area contributed by atoms with Crippen LogP contribution in [0.5, 0.6) is 0 Å². The van der Waals surface area contributed by atoms with Crippen LogP contribution in [-0.4, -0.2) is 45.2 Å². The summed E-state index contributed by atoms with van der Waals surface area (Å²) in [5.41, 5.74) is 3.48. The van der Waals surface area contributed by atoms with Crippen LogP contribution in [0.15, 0.2) is 23.1 Å². The van der Waals surface area contributed by atoms with Crippen LogP contribution in [0.4, 0.5) is 13.2 Å². The highest BCUT2D eigenvalue weighted by Crippen LogP contribution is 2.35. The molecule has 1 amide bonds. The van der Waals surface area contributed by atoms with Crippen molar-refractivity contribution >= 4 is 44.9 Å². The van der Waals surface area contributed by atoms with Gasteiger partial charge >= 0.3 is 6.18 Å². The minimum absolute atomic E-state index is 0.0561. The summed E-state index contributed by atoms with van der Waals surface area (Å²) in [4.78, 5) is 11.2. The van der Waals surface area contributed by atoms with Crippen LogP contribution >= 0.6 is 23.8 Å². The van der Waals surface area contributed by atoms with Crippen molar-refractivity contribution in [3.05, 3.63) is 28.8 Å². The number of nitrogens with one attached hydrogen (secondary N) is 4. The fourth-order valence-electron chi connectivity index (χ4n) is 2.52. The van der Waals surface area contributed by atoms with Gasteiger partial charge in [0.15, 0.2) is 5.11 Å². The number of benzene rings is 1. The molecular weight excluding hydrogens is 469 g/mol. The van der Waals surface area contributed by atoms with Gasteiger partial charge in [-0.15, -0.1) is 0 Å². The number of alkyl halides is 3. The second-order valence-electron chi connectivity index (χ2n) is 6.31. The number of hydrazine groups is 1. The zero-order valence-corrected chi connectivity index (χ0v) is 17.9. The molecule has 1 aromatic carbocycles. The fraction of sp³-hybridized carbons (Fsp3) is 0.500. The van der Waals surface area contributed by atoms with E-state index in [4.69, 9.17) is 28.6 Å². The van der Waals surface area contributed by atoms with Crippen molar-refractivity contribution in [3.8, 4) is 0 Å². The average Bonchev–Trinajstić information content (AvgIpc) is 3.17. The molecule has 0 radical (unpaired) electrons. The molecule has 0 spiro atoms. The zero-order chi connectivity index (χ0) is 22.4. The van der Waals surface area contributed by atoms with Crippen molar-refractivity contribution in [2.24, 2.45) is 0 Å². The Kier molecular flexibility index (Phi) is 8.67. The molecule has 1 atom stereocenters. The molecule has 1 aromatic rings. The standard InChI is InChI=1S/C16H20ClF3N4O4S2/c17-13-4-3-11(8-12(13)16(18,19)20)30(26,27)22-6-5-14(25)23-24-15(29)21-9-10-2-1-7-28-10/h3-4,8,10,22H,1-2,5-7,9H2,(H,23,25)(H2,21,24,29). The zero-order valence-electron chi connectivity index (χ0n) is 15.5. The van der Waals surface area contributed by atoms with Gasteiger partial charge in [-0.25, -0.2) is 13.1 Å². The Labute approximate surface area is 181 Å². The molecule has 1 saturated heterocycles. The number of amides is 1. The number of sulfonamides is 1.